The van der Waals surface area contributed by atoms with Gasteiger partial charge in [0.05, 0.1) is 17.4 Å². The van der Waals surface area contributed by atoms with E-state index in [2.05, 4.69) is 25.3 Å². The number of aryl methyl sites for hydroxylation is 1. The molecule has 35 heavy (non-hydrogen) atoms. The van der Waals surface area contributed by atoms with Crippen LogP contribution in [0.2, 0.25) is 0 Å². The Kier molecular flexibility index (Phi) is 4.97. The van der Waals surface area contributed by atoms with Crippen molar-refractivity contribution in [3.8, 4) is 10.6 Å². The third kappa shape index (κ3) is 3.51. The zero-order valence-electron chi connectivity index (χ0n) is 18.9. The molecule has 0 radical (unpaired) electrons. The Morgan fingerprint density at radius 1 is 1.23 bits per heavy atom. The van der Waals surface area contributed by atoms with E-state index < -0.39 is 5.82 Å². The van der Waals surface area contributed by atoms with Crippen molar-refractivity contribution in [1.82, 2.24) is 34.8 Å². The molecule has 0 atom stereocenters. The highest BCUT2D eigenvalue weighted by Gasteiger charge is 2.26. The monoisotopic (exact) mass is 489 g/mol. The van der Waals surface area contributed by atoms with Crippen molar-refractivity contribution in [2.75, 3.05) is 7.05 Å². The first-order chi connectivity index (χ1) is 16.9. The van der Waals surface area contributed by atoms with Gasteiger partial charge in [-0.05, 0) is 25.1 Å². The summed E-state index contributed by atoms with van der Waals surface area (Å²) in [5, 5.41) is 7.64. The third-order valence-electron chi connectivity index (χ3n) is 6.22. The molecule has 1 aromatic carbocycles. The minimum Gasteiger partial charge on any atom is -0.354 e. The van der Waals surface area contributed by atoms with Crippen LogP contribution in [-0.4, -0.2) is 42.4 Å². The Balaban J connectivity index is 1.23. The fraction of sp³-hybridized carbons (Fsp3) is 0.208. The molecule has 0 spiro atoms. The summed E-state index contributed by atoms with van der Waals surface area (Å²) in [6.07, 6.45) is 3.26. The number of halogens is 1. The first-order valence-electron chi connectivity index (χ1n) is 11.0. The molecule has 1 amide bonds. The average Bonchev–Trinajstić information content (AvgIpc) is 3.54. The summed E-state index contributed by atoms with van der Waals surface area (Å²) in [4.78, 5) is 39.1. The number of benzene rings is 1. The number of hydrogen-bond acceptors (Lipinski definition) is 7. The van der Waals surface area contributed by atoms with Crippen molar-refractivity contribution in [3.05, 3.63) is 80.2 Å². The van der Waals surface area contributed by atoms with Gasteiger partial charge < -0.3 is 10.3 Å². The largest absolute Gasteiger partial charge is 0.354 e. The van der Waals surface area contributed by atoms with Gasteiger partial charge in [0.25, 0.3) is 11.5 Å². The van der Waals surface area contributed by atoms with E-state index in [1.54, 1.807) is 55.9 Å². The predicted molar refractivity (Wildman–Crippen MR) is 130 cm³/mol. The maximum atomic E-state index is 15.4. The number of amides is 1. The van der Waals surface area contributed by atoms with Crippen LogP contribution in [0.4, 0.5) is 4.39 Å². The lowest BCUT2D eigenvalue weighted by Crippen LogP contribution is -2.19. The van der Waals surface area contributed by atoms with Crippen LogP contribution in [0.5, 0.6) is 0 Å². The first-order valence-corrected chi connectivity index (χ1v) is 11.8. The van der Waals surface area contributed by atoms with Gasteiger partial charge in [-0.15, -0.1) is 11.3 Å². The Morgan fingerprint density at radius 3 is 2.83 bits per heavy atom. The molecule has 5 aromatic rings. The van der Waals surface area contributed by atoms with E-state index in [1.807, 2.05) is 6.07 Å². The van der Waals surface area contributed by atoms with Gasteiger partial charge in [-0.3, -0.25) is 19.5 Å². The van der Waals surface area contributed by atoms with E-state index in [4.69, 9.17) is 4.98 Å². The number of H-pyrrole nitrogens is 1. The van der Waals surface area contributed by atoms with Crippen molar-refractivity contribution < 1.29 is 9.18 Å². The minimum absolute atomic E-state index is 0.158. The number of rotatable bonds is 4. The third-order valence-corrected chi connectivity index (χ3v) is 7.35. The summed E-state index contributed by atoms with van der Waals surface area (Å²) in [6.45, 7) is 3.44. The van der Waals surface area contributed by atoms with Crippen LogP contribution in [0, 0.1) is 12.7 Å². The Bertz CT molecular complexity index is 1660. The lowest BCUT2D eigenvalue weighted by Gasteiger charge is -2.16. The minimum atomic E-state index is -0.444. The van der Waals surface area contributed by atoms with Gasteiger partial charge in [0.2, 0.25) is 0 Å². The molecule has 0 fully saturated rings. The molecule has 5 heterocycles. The summed E-state index contributed by atoms with van der Waals surface area (Å²) in [5.74, 6) is -0.677. The van der Waals surface area contributed by atoms with Crippen LogP contribution in [0.25, 0.3) is 27.1 Å². The normalized spacial score (nSPS) is 13.6. The quantitative estimate of drug-likeness (QED) is 0.402. The van der Waals surface area contributed by atoms with Crippen molar-refractivity contribution in [2.45, 2.75) is 26.6 Å². The fourth-order valence-electron chi connectivity index (χ4n) is 4.45. The van der Waals surface area contributed by atoms with E-state index >= 15 is 4.39 Å². The molecular formula is C24H20FN7O2S. The predicted octanol–water partition coefficient (Wildman–Crippen LogP) is 3.02. The highest BCUT2D eigenvalue weighted by Crippen LogP contribution is 2.34. The first kappa shape index (κ1) is 21.6. The molecule has 0 bridgehead atoms. The molecule has 1 aliphatic rings. The summed E-state index contributed by atoms with van der Waals surface area (Å²) in [6, 6.07) is 7.06. The second-order valence-electron chi connectivity index (χ2n) is 8.52. The van der Waals surface area contributed by atoms with Crippen molar-refractivity contribution in [1.29, 1.82) is 0 Å². The Hall–Kier alpha value is -3.96. The molecular weight excluding hydrogens is 469 g/mol. The highest BCUT2D eigenvalue weighted by molar-refractivity contribution is 7.15. The zero-order valence-corrected chi connectivity index (χ0v) is 19.7. The number of carbonyl (C=O) groups is 1. The maximum absolute atomic E-state index is 15.4. The van der Waals surface area contributed by atoms with Gasteiger partial charge in [0, 0.05) is 54.4 Å². The van der Waals surface area contributed by atoms with Crippen LogP contribution in [-0.2, 0) is 19.6 Å². The van der Waals surface area contributed by atoms with Crippen molar-refractivity contribution >= 4 is 33.8 Å². The van der Waals surface area contributed by atoms with Crippen LogP contribution in [0.3, 0.4) is 0 Å². The Morgan fingerprint density at radius 2 is 2.09 bits per heavy atom. The summed E-state index contributed by atoms with van der Waals surface area (Å²) < 4.78 is 16.9. The standard InChI is InChI=1S/C24H20FN7O2S/c1-12-7-28-32-17-6-4-14(19(25)20(17)30-23(34)21(12)32)9-31-10-16-18(11-31)35-24(29-16)13-3-5-15(27-8-13)22(33)26-2/h3-8H,9-11H2,1-2H3,(H,26,33)(H,30,34). The number of carbonyl (C=O) groups excluding carboxylic acids is 1. The number of aromatic nitrogens is 5. The molecule has 176 valence electrons. The van der Waals surface area contributed by atoms with Crippen LogP contribution < -0.4 is 10.9 Å². The van der Waals surface area contributed by atoms with Gasteiger partial charge in [0.1, 0.15) is 21.7 Å². The maximum Gasteiger partial charge on any atom is 0.274 e. The molecule has 2 N–H and O–H groups in total. The lowest BCUT2D eigenvalue weighted by atomic mass is 10.1. The van der Waals surface area contributed by atoms with E-state index in [0.717, 1.165) is 26.7 Å². The number of thiazole rings is 1. The molecule has 0 unspecified atom stereocenters. The van der Waals surface area contributed by atoms with E-state index in [0.29, 0.717) is 41.9 Å². The molecule has 0 saturated heterocycles. The van der Waals surface area contributed by atoms with Gasteiger partial charge in [-0.2, -0.15) is 5.10 Å². The molecule has 9 nitrogen and oxygen atoms in total. The molecule has 6 rings (SSSR count). The number of pyridine rings is 1. The van der Waals surface area contributed by atoms with E-state index in [-0.39, 0.29) is 17.0 Å². The molecule has 0 aliphatic carbocycles. The van der Waals surface area contributed by atoms with Crippen LogP contribution >= 0.6 is 11.3 Å². The number of hydrogen-bond donors (Lipinski definition) is 2. The SMILES string of the molecule is CNC(=O)c1ccc(-c2nc3c(s2)CN(Cc2ccc4c([nH]c(=O)c5c(C)cnn54)c2F)C3)cn1. The number of nitrogens with one attached hydrogen (secondary N) is 2. The molecule has 11 heteroatoms. The number of nitrogens with zero attached hydrogens (tertiary/aromatic N) is 5. The summed E-state index contributed by atoms with van der Waals surface area (Å²) in [5.41, 5.74) is 4.16. The van der Waals surface area contributed by atoms with Gasteiger partial charge in [-0.25, -0.2) is 13.9 Å². The Labute approximate surface area is 202 Å². The fourth-order valence-corrected chi connectivity index (χ4v) is 5.55. The smallest absolute Gasteiger partial charge is 0.274 e. The molecule has 1 aliphatic heterocycles. The number of fused-ring (bicyclic) bond motifs is 4. The molecule has 4 aromatic heterocycles. The van der Waals surface area contributed by atoms with Crippen LogP contribution in [0.15, 0.2) is 41.5 Å². The van der Waals surface area contributed by atoms with Crippen molar-refractivity contribution in [2.24, 2.45) is 0 Å². The summed E-state index contributed by atoms with van der Waals surface area (Å²) >= 11 is 1.58. The van der Waals surface area contributed by atoms with Crippen LogP contribution in [0.1, 0.15) is 32.2 Å². The highest BCUT2D eigenvalue weighted by atomic mass is 32.1. The summed E-state index contributed by atoms with van der Waals surface area (Å²) in [7, 11) is 1.57. The lowest BCUT2D eigenvalue weighted by molar-refractivity contribution is 0.0958. The van der Waals surface area contributed by atoms with Gasteiger partial charge in [0.15, 0.2) is 5.82 Å². The average molecular weight is 490 g/mol. The second-order valence-corrected chi connectivity index (χ2v) is 9.60. The van der Waals surface area contributed by atoms with Crippen molar-refractivity contribution in [3.63, 3.8) is 0 Å². The number of aromatic amines is 1. The van der Waals surface area contributed by atoms with Gasteiger partial charge >= 0.3 is 0 Å². The van der Waals surface area contributed by atoms with Gasteiger partial charge in [-0.1, -0.05) is 6.07 Å². The topological polar surface area (TPSA) is 108 Å². The molecule has 0 saturated carbocycles. The second kappa shape index (κ2) is 8.07. The zero-order chi connectivity index (χ0) is 24.3. The van der Waals surface area contributed by atoms with E-state index in [1.165, 1.54) is 4.52 Å². The van der Waals surface area contributed by atoms with E-state index in [9.17, 15) is 9.59 Å².